The minimum atomic E-state index is -0.194. The Kier molecular flexibility index (Phi) is 7.69. The summed E-state index contributed by atoms with van der Waals surface area (Å²) in [6, 6.07) is 16.8. The maximum Gasteiger partial charge on any atom is 0.314 e. The number of rotatable bonds is 7. The van der Waals surface area contributed by atoms with Crippen LogP contribution in [0.5, 0.6) is 5.75 Å². The summed E-state index contributed by atoms with van der Waals surface area (Å²) in [5.41, 5.74) is 4.33. The lowest BCUT2D eigenvalue weighted by Crippen LogP contribution is -2.25. The molecule has 30 heavy (non-hydrogen) atoms. The van der Waals surface area contributed by atoms with E-state index in [2.05, 4.69) is 51.1 Å². The molecule has 158 valence electrons. The molecule has 0 radical (unpaired) electrons. The average Bonchev–Trinajstić information content (AvgIpc) is 2.75. The van der Waals surface area contributed by atoms with Crippen molar-refractivity contribution < 1.29 is 9.53 Å². The van der Waals surface area contributed by atoms with Crippen LogP contribution in [0, 0.1) is 23.2 Å². The summed E-state index contributed by atoms with van der Waals surface area (Å²) in [6.07, 6.45) is 6.75. The maximum absolute atomic E-state index is 12.7. The van der Waals surface area contributed by atoms with E-state index in [4.69, 9.17) is 4.74 Å². The fourth-order valence-electron chi connectivity index (χ4n) is 4.45. The lowest BCUT2D eigenvalue weighted by molar-refractivity contribution is -0.140. The van der Waals surface area contributed by atoms with Gasteiger partial charge in [-0.1, -0.05) is 57.5 Å². The first-order valence-electron chi connectivity index (χ1n) is 11.3. The second-order valence-electron chi connectivity index (χ2n) is 9.00. The average molecular weight is 404 g/mol. The molecule has 0 bridgehead atoms. The maximum atomic E-state index is 12.7. The number of nitrogens with zero attached hydrogens (tertiary/aromatic N) is 1. The molecule has 1 fully saturated rings. The number of ether oxygens (including phenoxy) is 1. The summed E-state index contributed by atoms with van der Waals surface area (Å²) >= 11 is 0. The molecule has 0 amide bonds. The Bertz CT molecular complexity index is 884. The molecule has 3 rings (SSSR count). The van der Waals surface area contributed by atoms with Gasteiger partial charge in [0.05, 0.1) is 11.5 Å². The van der Waals surface area contributed by atoms with Crippen LogP contribution in [0.25, 0.3) is 0 Å². The summed E-state index contributed by atoms with van der Waals surface area (Å²) in [4.78, 5) is 12.7. The fraction of sp³-hybridized carbons (Fsp3) is 0.481. The van der Waals surface area contributed by atoms with E-state index >= 15 is 0 Å². The van der Waals surface area contributed by atoms with Gasteiger partial charge in [0.2, 0.25) is 0 Å². The van der Waals surface area contributed by atoms with Crippen molar-refractivity contribution in [1.82, 2.24) is 0 Å². The van der Waals surface area contributed by atoms with Gasteiger partial charge in [0, 0.05) is 0 Å². The Morgan fingerprint density at radius 3 is 2.33 bits per heavy atom. The van der Waals surface area contributed by atoms with Gasteiger partial charge < -0.3 is 4.74 Å². The number of benzene rings is 2. The highest BCUT2D eigenvalue weighted by atomic mass is 16.5. The molecule has 0 aromatic heterocycles. The van der Waals surface area contributed by atoms with Crippen molar-refractivity contribution in [3.05, 3.63) is 64.7 Å². The normalized spacial score (nSPS) is 18.8. The Morgan fingerprint density at radius 2 is 1.73 bits per heavy atom. The van der Waals surface area contributed by atoms with Crippen LogP contribution in [0.3, 0.4) is 0 Å². The first-order chi connectivity index (χ1) is 14.5. The monoisotopic (exact) mass is 403 g/mol. The predicted octanol–water partition coefficient (Wildman–Crippen LogP) is 6.59. The molecule has 0 atom stereocenters. The molecule has 0 spiro atoms. The topological polar surface area (TPSA) is 50.1 Å². The molecule has 0 saturated heterocycles. The summed E-state index contributed by atoms with van der Waals surface area (Å²) in [5, 5.41) is 9.42. The van der Waals surface area contributed by atoms with Gasteiger partial charge in [-0.2, -0.15) is 5.26 Å². The summed E-state index contributed by atoms with van der Waals surface area (Å²) in [6.45, 7) is 6.59. The van der Waals surface area contributed by atoms with E-state index < -0.39 is 0 Å². The summed E-state index contributed by atoms with van der Waals surface area (Å²) < 4.78 is 5.64. The molecule has 0 unspecified atom stereocenters. The molecule has 1 saturated carbocycles. The number of carbonyl (C=O) groups excluding carboxylic acids is 1. The fourth-order valence-corrected chi connectivity index (χ4v) is 4.45. The van der Waals surface area contributed by atoms with Crippen LogP contribution in [0.1, 0.15) is 81.0 Å². The third-order valence-corrected chi connectivity index (χ3v) is 6.07. The summed E-state index contributed by atoms with van der Waals surface area (Å²) in [7, 11) is 0. The molecule has 3 heteroatoms. The van der Waals surface area contributed by atoms with Crippen LogP contribution in [-0.4, -0.2) is 5.97 Å². The van der Waals surface area contributed by atoms with E-state index in [1.807, 2.05) is 12.1 Å². The van der Waals surface area contributed by atoms with Crippen molar-refractivity contribution in [3.8, 4) is 11.8 Å². The number of hydrogen-bond acceptors (Lipinski definition) is 3. The van der Waals surface area contributed by atoms with Crippen LogP contribution in [0.15, 0.2) is 42.5 Å². The first kappa shape index (κ1) is 22.1. The van der Waals surface area contributed by atoms with Crippen molar-refractivity contribution in [2.45, 2.75) is 71.6 Å². The van der Waals surface area contributed by atoms with E-state index in [9.17, 15) is 10.1 Å². The zero-order chi connectivity index (χ0) is 21.5. The molecule has 1 aliphatic carbocycles. The molecule has 0 heterocycles. The molecular weight excluding hydrogens is 370 g/mol. The van der Waals surface area contributed by atoms with Crippen LogP contribution in [0.4, 0.5) is 0 Å². The first-order valence-corrected chi connectivity index (χ1v) is 11.3. The third kappa shape index (κ3) is 5.72. The zero-order valence-corrected chi connectivity index (χ0v) is 18.5. The second-order valence-corrected chi connectivity index (χ2v) is 9.00. The molecule has 2 aromatic rings. The molecular formula is C27H33NO2. The number of esters is 1. The van der Waals surface area contributed by atoms with E-state index in [0.717, 1.165) is 50.5 Å². The Balaban J connectivity index is 1.56. The zero-order valence-electron chi connectivity index (χ0n) is 18.5. The van der Waals surface area contributed by atoms with Crippen LogP contribution < -0.4 is 4.74 Å². The highest BCUT2D eigenvalue weighted by Crippen LogP contribution is 2.37. The van der Waals surface area contributed by atoms with E-state index in [1.165, 1.54) is 11.1 Å². The molecule has 0 N–H and O–H groups in total. The SMILES string of the molecule is CCCc1ccc(OC(=O)C2CCC(c3ccc(CC(C)C)cc3)CC2)c(C#N)c1. The van der Waals surface area contributed by atoms with Gasteiger partial charge in [0.1, 0.15) is 11.8 Å². The number of carbonyl (C=O) groups is 1. The van der Waals surface area contributed by atoms with Crippen molar-refractivity contribution in [3.63, 3.8) is 0 Å². The standard InChI is InChI=1S/C27H33NO2/c1-4-5-20-8-15-26(25(17-20)18-28)30-27(29)24-13-11-23(12-14-24)22-9-6-21(7-10-22)16-19(2)3/h6-10,15,17,19,23-24H,4-5,11-14,16H2,1-3H3. The lowest BCUT2D eigenvalue weighted by Gasteiger charge is -2.27. The van der Waals surface area contributed by atoms with Crippen LogP contribution in [0.2, 0.25) is 0 Å². The van der Waals surface area contributed by atoms with Crippen LogP contribution >= 0.6 is 0 Å². The quantitative estimate of drug-likeness (QED) is 0.387. The largest absolute Gasteiger partial charge is 0.425 e. The van der Waals surface area contributed by atoms with Crippen molar-refractivity contribution >= 4 is 5.97 Å². The van der Waals surface area contributed by atoms with Gasteiger partial charge in [0.15, 0.2) is 0 Å². The highest BCUT2D eigenvalue weighted by Gasteiger charge is 2.29. The molecule has 3 nitrogen and oxygen atoms in total. The Labute approximate surface area is 181 Å². The van der Waals surface area contributed by atoms with Gasteiger partial charge in [-0.05, 0) is 79.2 Å². The molecule has 1 aliphatic rings. The van der Waals surface area contributed by atoms with Gasteiger partial charge in [-0.15, -0.1) is 0 Å². The van der Waals surface area contributed by atoms with Gasteiger partial charge in [-0.3, -0.25) is 4.79 Å². The van der Waals surface area contributed by atoms with Crippen molar-refractivity contribution in [2.75, 3.05) is 0 Å². The lowest BCUT2D eigenvalue weighted by atomic mass is 9.78. The number of hydrogen-bond donors (Lipinski definition) is 0. The van der Waals surface area contributed by atoms with E-state index in [1.54, 1.807) is 6.07 Å². The third-order valence-electron chi connectivity index (χ3n) is 6.07. The second kappa shape index (κ2) is 10.4. The molecule has 0 aliphatic heterocycles. The van der Waals surface area contributed by atoms with Crippen molar-refractivity contribution in [1.29, 1.82) is 5.26 Å². The van der Waals surface area contributed by atoms with E-state index in [-0.39, 0.29) is 11.9 Å². The van der Waals surface area contributed by atoms with E-state index in [0.29, 0.717) is 23.1 Å². The van der Waals surface area contributed by atoms with Crippen LogP contribution in [-0.2, 0) is 17.6 Å². The van der Waals surface area contributed by atoms with Gasteiger partial charge in [0.25, 0.3) is 0 Å². The van der Waals surface area contributed by atoms with Crippen molar-refractivity contribution in [2.24, 2.45) is 11.8 Å². The number of aryl methyl sites for hydroxylation is 1. The Morgan fingerprint density at radius 1 is 1.07 bits per heavy atom. The highest BCUT2D eigenvalue weighted by molar-refractivity contribution is 5.76. The predicted molar refractivity (Wildman–Crippen MR) is 120 cm³/mol. The summed E-state index contributed by atoms with van der Waals surface area (Å²) in [5.74, 6) is 1.31. The minimum Gasteiger partial charge on any atom is -0.425 e. The number of nitriles is 1. The smallest absolute Gasteiger partial charge is 0.314 e. The van der Waals surface area contributed by atoms with Gasteiger partial charge in [-0.25, -0.2) is 0 Å². The molecule has 2 aromatic carbocycles. The minimum absolute atomic E-state index is 0.0803. The Hall–Kier alpha value is -2.60. The van der Waals surface area contributed by atoms with Gasteiger partial charge >= 0.3 is 5.97 Å².